The van der Waals surface area contributed by atoms with Gasteiger partial charge >= 0.3 is 0 Å². The summed E-state index contributed by atoms with van der Waals surface area (Å²) in [7, 11) is 2.07. The van der Waals surface area contributed by atoms with Crippen molar-refractivity contribution in [1.29, 1.82) is 0 Å². The second-order valence-electron chi connectivity index (χ2n) is 6.13. The molecule has 3 nitrogen and oxygen atoms in total. The normalized spacial score (nSPS) is 20.2. The van der Waals surface area contributed by atoms with Crippen molar-refractivity contribution in [3.63, 3.8) is 0 Å². The van der Waals surface area contributed by atoms with E-state index in [4.69, 9.17) is 4.74 Å². The maximum Gasteiger partial charge on any atom is 0.119 e. The summed E-state index contributed by atoms with van der Waals surface area (Å²) in [4.78, 5) is 2.66. The molecule has 21 heavy (non-hydrogen) atoms. The molecule has 1 fully saturated rings. The number of nitrogens with one attached hydrogen (secondary N) is 1. The third-order valence-corrected chi connectivity index (χ3v) is 4.98. The number of likely N-dealkylation sites (N-methyl/N-ethyl adjacent to an activating group) is 1. The summed E-state index contributed by atoms with van der Waals surface area (Å²) in [5.74, 6) is 0.954. The predicted molar refractivity (Wildman–Crippen MR) is 88.9 cm³/mol. The van der Waals surface area contributed by atoms with Crippen LogP contribution in [-0.4, -0.2) is 37.2 Å². The molecule has 1 aliphatic rings. The van der Waals surface area contributed by atoms with Gasteiger partial charge in [0, 0.05) is 5.54 Å². The van der Waals surface area contributed by atoms with Crippen molar-refractivity contribution >= 4 is 0 Å². The molecule has 0 amide bonds. The monoisotopic (exact) mass is 290 g/mol. The lowest BCUT2D eigenvalue weighted by Gasteiger charge is -2.44. The number of hydrogen-bond acceptors (Lipinski definition) is 3. The van der Waals surface area contributed by atoms with Crippen molar-refractivity contribution in [2.45, 2.75) is 51.6 Å². The number of nitrogens with zero attached hydrogens (tertiary/aromatic N) is 1. The molecule has 0 aliphatic carbocycles. The van der Waals surface area contributed by atoms with Gasteiger partial charge in [-0.1, -0.05) is 19.1 Å². The molecule has 0 bridgehead atoms. The molecule has 2 rings (SSSR count). The smallest absolute Gasteiger partial charge is 0.119 e. The molecule has 3 heteroatoms. The van der Waals surface area contributed by atoms with Crippen molar-refractivity contribution in [2.75, 3.05) is 26.7 Å². The molecule has 2 atom stereocenters. The van der Waals surface area contributed by atoms with Crippen molar-refractivity contribution in [3.05, 3.63) is 29.8 Å². The van der Waals surface area contributed by atoms with E-state index < -0.39 is 0 Å². The largest absolute Gasteiger partial charge is 0.494 e. The molecule has 1 aromatic carbocycles. The van der Waals surface area contributed by atoms with Gasteiger partial charge in [0.15, 0.2) is 0 Å². The molecule has 118 valence electrons. The fourth-order valence-corrected chi connectivity index (χ4v) is 3.60. The van der Waals surface area contributed by atoms with E-state index in [1.54, 1.807) is 0 Å². The van der Waals surface area contributed by atoms with Crippen LogP contribution in [0.4, 0.5) is 0 Å². The SMILES string of the molecule is CCOc1ccc(C(NC)C(C)(CC)N2CCCC2)cc1. The van der Waals surface area contributed by atoms with Gasteiger partial charge in [0.1, 0.15) is 5.75 Å². The molecule has 1 saturated heterocycles. The van der Waals surface area contributed by atoms with Crippen LogP contribution in [0.25, 0.3) is 0 Å². The topological polar surface area (TPSA) is 24.5 Å². The average molecular weight is 290 g/mol. The first-order chi connectivity index (χ1) is 10.2. The van der Waals surface area contributed by atoms with Crippen LogP contribution in [0, 0.1) is 0 Å². The van der Waals surface area contributed by atoms with Crippen LogP contribution in [0.1, 0.15) is 51.6 Å². The fraction of sp³-hybridized carbons (Fsp3) is 0.667. The molecule has 0 aromatic heterocycles. The first-order valence-corrected chi connectivity index (χ1v) is 8.30. The summed E-state index contributed by atoms with van der Waals surface area (Å²) in [5.41, 5.74) is 1.51. The zero-order valence-electron chi connectivity index (χ0n) is 14.0. The maximum absolute atomic E-state index is 5.56. The standard InChI is InChI=1S/C18H30N2O/c1-5-18(3,20-13-7-8-14-20)17(19-4)15-9-11-16(12-10-15)21-6-2/h9-12,17,19H,5-8,13-14H2,1-4H3. The Kier molecular flexibility index (Phi) is 5.65. The van der Waals surface area contributed by atoms with E-state index in [-0.39, 0.29) is 5.54 Å². The summed E-state index contributed by atoms with van der Waals surface area (Å²) < 4.78 is 5.56. The Morgan fingerprint density at radius 3 is 2.29 bits per heavy atom. The first kappa shape index (κ1) is 16.3. The molecule has 1 N–H and O–H groups in total. The van der Waals surface area contributed by atoms with E-state index in [1.807, 2.05) is 6.92 Å². The highest BCUT2D eigenvalue weighted by Crippen LogP contribution is 2.36. The van der Waals surface area contributed by atoms with Crippen molar-refractivity contribution in [3.8, 4) is 5.75 Å². The highest BCUT2D eigenvalue weighted by atomic mass is 16.5. The van der Waals surface area contributed by atoms with Gasteiger partial charge in [0.25, 0.3) is 0 Å². The second-order valence-corrected chi connectivity index (χ2v) is 6.13. The van der Waals surface area contributed by atoms with E-state index >= 15 is 0 Å². The minimum Gasteiger partial charge on any atom is -0.494 e. The zero-order chi connectivity index (χ0) is 15.3. The predicted octanol–water partition coefficient (Wildman–Crippen LogP) is 3.61. The number of rotatable bonds is 7. The van der Waals surface area contributed by atoms with Gasteiger partial charge in [-0.15, -0.1) is 0 Å². The lowest BCUT2D eigenvalue weighted by atomic mass is 9.83. The molecular weight excluding hydrogens is 260 g/mol. The van der Waals surface area contributed by atoms with E-state index in [9.17, 15) is 0 Å². The number of hydrogen-bond donors (Lipinski definition) is 1. The summed E-state index contributed by atoms with van der Waals surface area (Å²) in [6, 6.07) is 8.93. The summed E-state index contributed by atoms with van der Waals surface area (Å²) >= 11 is 0. The molecule has 1 aliphatic heterocycles. The summed E-state index contributed by atoms with van der Waals surface area (Å²) in [6.45, 7) is 9.88. The van der Waals surface area contributed by atoms with Crippen LogP contribution in [0.15, 0.2) is 24.3 Å². The Bertz CT molecular complexity index is 425. The Morgan fingerprint density at radius 1 is 1.19 bits per heavy atom. The van der Waals surface area contributed by atoms with Gasteiger partial charge in [0.05, 0.1) is 12.6 Å². The lowest BCUT2D eigenvalue weighted by molar-refractivity contribution is 0.0873. The van der Waals surface area contributed by atoms with E-state index in [1.165, 1.54) is 31.5 Å². The molecule has 1 heterocycles. The maximum atomic E-state index is 5.56. The van der Waals surface area contributed by atoms with Crippen LogP contribution in [0.5, 0.6) is 5.75 Å². The zero-order valence-corrected chi connectivity index (χ0v) is 14.0. The van der Waals surface area contributed by atoms with Crippen LogP contribution in [0.2, 0.25) is 0 Å². The van der Waals surface area contributed by atoms with Gasteiger partial charge in [-0.3, -0.25) is 4.90 Å². The second kappa shape index (κ2) is 7.28. The van der Waals surface area contributed by atoms with Gasteiger partial charge in [-0.25, -0.2) is 0 Å². The van der Waals surface area contributed by atoms with Crippen LogP contribution >= 0.6 is 0 Å². The minimum absolute atomic E-state index is 0.165. The van der Waals surface area contributed by atoms with E-state index in [0.29, 0.717) is 6.04 Å². The molecule has 1 aromatic rings. The average Bonchev–Trinajstić information content (AvgIpc) is 3.04. The highest BCUT2D eigenvalue weighted by molar-refractivity contribution is 5.31. The van der Waals surface area contributed by atoms with E-state index in [2.05, 4.69) is 55.4 Å². The first-order valence-electron chi connectivity index (χ1n) is 8.30. The van der Waals surface area contributed by atoms with Gasteiger partial charge in [-0.05, 0) is 70.9 Å². The Hall–Kier alpha value is -1.06. The lowest BCUT2D eigenvalue weighted by Crippen LogP contribution is -2.52. The van der Waals surface area contributed by atoms with Gasteiger partial charge < -0.3 is 10.1 Å². The summed E-state index contributed by atoms with van der Waals surface area (Å²) in [6.07, 6.45) is 3.80. The summed E-state index contributed by atoms with van der Waals surface area (Å²) in [5, 5.41) is 3.56. The van der Waals surface area contributed by atoms with Crippen molar-refractivity contribution < 1.29 is 4.74 Å². The van der Waals surface area contributed by atoms with Gasteiger partial charge in [0.2, 0.25) is 0 Å². The third-order valence-electron chi connectivity index (χ3n) is 4.98. The Balaban J connectivity index is 2.23. The molecular formula is C18H30N2O. The minimum atomic E-state index is 0.165. The van der Waals surface area contributed by atoms with Crippen molar-refractivity contribution in [2.24, 2.45) is 0 Å². The van der Waals surface area contributed by atoms with Crippen LogP contribution in [-0.2, 0) is 0 Å². The molecule has 0 saturated carbocycles. The Morgan fingerprint density at radius 2 is 1.81 bits per heavy atom. The van der Waals surface area contributed by atoms with Crippen LogP contribution in [0.3, 0.4) is 0 Å². The van der Waals surface area contributed by atoms with E-state index in [0.717, 1.165) is 18.8 Å². The van der Waals surface area contributed by atoms with Crippen molar-refractivity contribution in [1.82, 2.24) is 10.2 Å². The number of benzene rings is 1. The molecule has 0 radical (unpaired) electrons. The highest BCUT2D eigenvalue weighted by Gasteiger charge is 2.39. The number of ether oxygens (including phenoxy) is 1. The molecule has 2 unspecified atom stereocenters. The molecule has 0 spiro atoms. The Labute approximate surface area is 129 Å². The fourth-order valence-electron chi connectivity index (χ4n) is 3.60. The van der Waals surface area contributed by atoms with Crippen LogP contribution < -0.4 is 10.1 Å². The third kappa shape index (κ3) is 3.41. The van der Waals surface area contributed by atoms with Gasteiger partial charge in [-0.2, -0.15) is 0 Å². The number of likely N-dealkylation sites (tertiary alicyclic amines) is 1. The quantitative estimate of drug-likeness (QED) is 0.830.